The smallest absolute Gasteiger partial charge is 0.327 e. The average molecular weight is 511 g/mol. The van der Waals surface area contributed by atoms with E-state index in [9.17, 15) is 16.8 Å². The maximum atomic E-state index is 17.3. The Hall–Kier alpha value is -3.49. The molecule has 0 aromatic heterocycles. The number of benzene rings is 4. The first-order valence-corrected chi connectivity index (χ1v) is 13.6. The summed E-state index contributed by atoms with van der Waals surface area (Å²) in [5, 5.41) is 1.42. The van der Waals surface area contributed by atoms with E-state index >= 15 is 4.39 Å². The van der Waals surface area contributed by atoms with Gasteiger partial charge < -0.3 is 4.74 Å². The van der Waals surface area contributed by atoms with Crippen molar-refractivity contribution in [3.05, 3.63) is 115 Å². The molecule has 0 saturated carbocycles. The second-order valence-electron chi connectivity index (χ2n) is 7.90. The Morgan fingerprint density at radius 3 is 1.74 bits per heavy atom. The molecule has 8 heteroatoms. The molecule has 0 saturated heterocycles. The summed E-state index contributed by atoms with van der Waals surface area (Å²) in [5.74, 6) is -1.12. The number of fused-ring (bicyclic) bond motifs is 1. The van der Waals surface area contributed by atoms with E-state index in [1.807, 2.05) is 0 Å². The molecule has 0 spiro atoms. The van der Waals surface area contributed by atoms with Gasteiger partial charge in [0.25, 0.3) is 0 Å². The Balaban J connectivity index is 2.00. The molecule has 4 rings (SSSR count). The zero-order chi connectivity index (χ0) is 25.3. The summed E-state index contributed by atoms with van der Waals surface area (Å²) >= 11 is 0. The molecule has 0 radical (unpaired) electrons. The molecule has 5 nitrogen and oxygen atoms in total. The summed E-state index contributed by atoms with van der Waals surface area (Å²) in [6, 6.07) is 23.4. The van der Waals surface area contributed by atoms with Gasteiger partial charge in [0.2, 0.25) is 19.7 Å². The van der Waals surface area contributed by atoms with E-state index in [0.29, 0.717) is 11.1 Å². The van der Waals surface area contributed by atoms with Crippen LogP contribution in [0.4, 0.5) is 4.39 Å². The van der Waals surface area contributed by atoms with Crippen LogP contribution >= 0.6 is 0 Å². The number of hydrogen-bond acceptors (Lipinski definition) is 5. The topological polar surface area (TPSA) is 77.5 Å². The molecule has 0 aliphatic heterocycles. The third kappa shape index (κ3) is 4.02. The SMILES string of the molecule is C=CC(c1ccc2cc(OC)ccc2c1)C(F)(S(=O)(=O)c1ccccc1)S(=O)(=O)c1ccccc1. The van der Waals surface area contributed by atoms with Gasteiger partial charge in [0.1, 0.15) is 5.75 Å². The lowest BCUT2D eigenvalue weighted by molar-refractivity contribution is 0.331. The molecule has 180 valence electrons. The van der Waals surface area contributed by atoms with Gasteiger partial charge in [0.05, 0.1) is 22.8 Å². The van der Waals surface area contributed by atoms with Crippen molar-refractivity contribution in [3.63, 3.8) is 0 Å². The van der Waals surface area contributed by atoms with Gasteiger partial charge in [-0.1, -0.05) is 66.7 Å². The van der Waals surface area contributed by atoms with Crippen LogP contribution < -0.4 is 4.74 Å². The highest BCUT2D eigenvalue weighted by Gasteiger charge is 2.62. The first-order chi connectivity index (χ1) is 16.7. The summed E-state index contributed by atoms with van der Waals surface area (Å²) in [6.07, 6.45) is 1.03. The summed E-state index contributed by atoms with van der Waals surface area (Å²) < 4.78 is 73.9. The van der Waals surface area contributed by atoms with E-state index < -0.39 is 39.7 Å². The van der Waals surface area contributed by atoms with Gasteiger partial charge in [0.15, 0.2) is 0 Å². The van der Waals surface area contributed by atoms with Crippen molar-refractivity contribution in [1.82, 2.24) is 0 Å². The van der Waals surface area contributed by atoms with Gasteiger partial charge in [-0.05, 0) is 52.7 Å². The Bertz CT molecular complexity index is 1510. The van der Waals surface area contributed by atoms with E-state index in [4.69, 9.17) is 4.74 Å². The van der Waals surface area contributed by atoms with Gasteiger partial charge in [0, 0.05) is 0 Å². The normalized spacial score (nSPS) is 13.3. The van der Waals surface area contributed by atoms with Crippen LogP contribution in [0.1, 0.15) is 11.5 Å². The summed E-state index contributed by atoms with van der Waals surface area (Å²) in [5.41, 5.74) is 0.152. The molecule has 4 aromatic carbocycles. The highest BCUT2D eigenvalue weighted by Crippen LogP contribution is 2.48. The first kappa shape index (κ1) is 24.6. The van der Waals surface area contributed by atoms with Gasteiger partial charge in [-0.2, -0.15) is 0 Å². The van der Waals surface area contributed by atoms with Crippen LogP contribution in [0.5, 0.6) is 5.75 Å². The van der Waals surface area contributed by atoms with Crippen molar-refractivity contribution >= 4 is 30.4 Å². The number of ether oxygens (including phenoxy) is 1. The van der Waals surface area contributed by atoms with Crippen molar-refractivity contribution in [1.29, 1.82) is 0 Å². The molecule has 0 amide bonds. The highest BCUT2D eigenvalue weighted by molar-refractivity contribution is 8.10. The lowest BCUT2D eigenvalue weighted by atomic mass is 9.97. The lowest BCUT2D eigenvalue weighted by Crippen LogP contribution is -2.47. The number of alkyl halides is 1. The Kier molecular flexibility index (Phi) is 6.53. The molecule has 0 aliphatic rings. The van der Waals surface area contributed by atoms with E-state index in [1.165, 1.54) is 61.7 Å². The fourth-order valence-electron chi connectivity index (χ4n) is 4.04. The average Bonchev–Trinajstić information content (AvgIpc) is 2.89. The van der Waals surface area contributed by atoms with Crippen molar-refractivity contribution in [2.45, 2.75) is 20.0 Å². The van der Waals surface area contributed by atoms with Crippen LogP contribution in [0.3, 0.4) is 0 Å². The van der Waals surface area contributed by atoms with E-state index in [-0.39, 0.29) is 5.56 Å². The maximum Gasteiger partial charge on any atom is 0.327 e. The third-order valence-corrected chi connectivity index (χ3v) is 11.0. The van der Waals surface area contributed by atoms with Crippen molar-refractivity contribution in [2.75, 3.05) is 7.11 Å². The third-order valence-electron chi connectivity index (χ3n) is 5.88. The van der Waals surface area contributed by atoms with Gasteiger partial charge in [-0.15, -0.1) is 6.58 Å². The molecule has 1 atom stereocenters. The number of halogens is 1. The Morgan fingerprint density at radius 2 is 1.26 bits per heavy atom. The standard InChI is InChI=1S/C27H23FO5S2/c1-3-26(22-15-14-21-19-23(33-2)17-16-20(21)18-22)27(28,34(29,30)24-10-6-4-7-11-24)35(31,32)25-12-8-5-9-13-25/h3-19,26H,1H2,2H3. The fourth-order valence-corrected chi connectivity index (χ4v) is 8.58. The molecule has 0 fully saturated rings. The van der Waals surface area contributed by atoms with Gasteiger partial charge in [-0.3, -0.25) is 0 Å². The molecule has 4 aromatic rings. The molecular formula is C27H23FO5S2. The second kappa shape index (κ2) is 9.28. The number of allylic oxidation sites excluding steroid dienone is 1. The molecule has 0 N–H and O–H groups in total. The molecule has 35 heavy (non-hydrogen) atoms. The zero-order valence-corrected chi connectivity index (χ0v) is 20.5. The van der Waals surface area contributed by atoms with Crippen molar-refractivity contribution < 1.29 is 26.0 Å². The van der Waals surface area contributed by atoms with Crippen molar-refractivity contribution in [3.8, 4) is 5.75 Å². The lowest BCUT2D eigenvalue weighted by Gasteiger charge is -2.31. The van der Waals surface area contributed by atoms with Crippen LogP contribution in [0.25, 0.3) is 10.8 Å². The summed E-state index contributed by atoms with van der Waals surface area (Å²) in [7, 11) is -8.62. The largest absolute Gasteiger partial charge is 0.497 e. The number of rotatable bonds is 8. The van der Waals surface area contributed by atoms with Crippen LogP contribution in [-0.4, -0.2) is 28.3 Å². The van der Waals surface area contributed by atoms with Crippen LogP contribution in [0.15, 0.2) is 120 Å². The minimum absolute atomic E-state index is 0.152. The van der Waals surface area contributed by atoms with Crippen LogP contribution in [0, 0.1) is 0 Å². The van der Waals surface area contributed by atoms with E-state index in [1.54, 1.807) is 42.5 Å². The van der Waals surface area contributed by atoms with E-state index in [0.717, 1.165) is 11.5 Å². The summed E-state index contributed by atoms with van der Waals surface area (Å²) in [4.78, 5) is -0.890. The zero-order valence-electron chi connectivity index (χ0n) is 18.8. The predicted octanol–water partition coefficient (Wildman–Crippen LogP) is 5.69. The monoisotopic (exact) mass is 510 g/mol. The highest BCUT2D eigenvalue weighted by atomic mass is 32.3. The molecule has 0 aliphatic carbocycles. The van der Waals surface area contributed by atoms with Crippen LogP contribution in [-0.2, 0) is 19.7 Å². The van der Waals surface area contributed by atoms with E-state index in [2.05, 4.69) is 6.58 Å². The minimum Gasteiger partial charge on any atom is -0.497 e. The first-order valence-electron chi connectivity index (χ1n) is 10.7. The maximum absolute atomic E-state index is 17.3. The molecule has 1 unspecified atom stereocenters. The number of methoxy groups -OCH3 is 1. The Labute approximate surface area is 204 Å². The number of hydrogen-bond donors (Lipinski definition) is 0. The predicted molar refractivity (Wildman–Crippen MR) is 135 cm³/mol. The minimum atomic E-state index is -5.08. The Morgan fingerprint density at radius 1 is 0.771 bits per heavy atom. The molecule has 0 heterocycles. The van der Waals surface area contributed by atoms with Crippen molar-refractivity contribution in [2.24, 2.45) is 0 Å². The molecule has 0 bridgehead atoms. The second-order valence-corrected chi connectivity index (χ2v) is 12.3. The van der Waals surface area contributed by atoms with Gasteiger partial charge in [-0.25, -0.2) is 21.2 Å². The quantitative estimate of drug-likeness (QED) is 0.285. The van der Waals surface area contributed by atoms with Gasteiger partial charge >= 0.3 is 4.33 Å². The number of sulfone groups is 2. The molecular weight excluding hydrogens is 487 g/mol. The fraction of sp³-hybridized carbons (Fsp3) is 0.111. The summed E-state index contributed by atoms with van der Waals surface area (Å²) in [6.45, 7) is 3.64. The van der Waals surface area contributed by atoms with Crippen LogP contribution in [0.2, 0.25) is 0 Å².